The van der Waals surface area contributed by atoms with E-state index in [1.165, 1.54) is 18.6 Å². The molecule has 5 rings (SSSR count). The first kappa shape index (κ1) is 19.8. The Labute approximate surface area is 181 Å². The number of hydrogen-bond donors (Lipinski definition) is 2. The Morgan fingerprint density at radius 2 is 1.84 bits per heavy atom. The monoisotopic (exact) mass is 439 g/mol. The lowest BCUT2D eigenvalue weighted by molar-refractivity contribution is 0.282. The molecule has 0 amide bonds. The molecule has 31 heavy (non-hydrogen) atoms. The van der Waals surface area contributed by atoms with Gasteiger partial charge in [-0.05, 0) is 50.1 Å². The molecule has 2 aromatic heterocycles. The summed E-state index contributed by atoms with van der Waals surface area (Å²) in [5.74, 6) is 0.981. The fourth-order valence-electron chi connectivity index (χ4n) is 4.76. The van der Waals surface area contributed by atoms with Crippen molar-refractivity contribution in [1.29, 1.82) is 0 Å². The van der Waals surface area contributed by atoms with Gasteiger partial charge in [0.2, 0.25) is 5.95 Å². The van der Waals surface area contributed by atoms with Crippen molar-refractivity contribution in [3.63, 3.8) is 0 Å². The van der Waals surface area contributed by atoms with Crippen molar-refractivity contribution in [1.82, 2.24) is 14.5 Å². The third kappa shape index (κ3) is 3.13. The van der Waals surface area contributed by atoms with Gasteiger partial charge in [0.1, 0.15) is 11.5 Å². The molecule has 1 aromatic carbocycles. The molecular formula is C21H25N7O2S. The summed E-state index contributed by atoms with van der Waals surface area (Å²) in [5.41, 5.74) is 7.70. The molecule has 0 atom stereocenters. The standard InChI is InChI=1S/C21H25N7O2S/c1-14-21(10-4-3-5-11-21)28-18(27(2)25-14)12-15-13-23-20(24-19(15)28)26-31(29,30)17-8-6-16(22)7-9-17/h6-9,12-13H,3-5,10-11,22H2,1-2H3,(H,23,24,26). The number of nitrogens with one attached hydrogen (secondary N) is 1. The minimum atomic E-state index is -3.83. The van der Waals surface area contributed by atoms with E-state index >= 15 is 0 Å². The number of nitrogen functional groups attached to an aromatic ring is 1. The lowest BCUT2D eigenvalue weighted by Crippen LogP contribution is -2.47. The van der Waals surface area contributed by atoms with E-state index in [-0.39, 0.29) is 16.4 Å². The molecule has 3 aromatic rings. The van der Waals surface area contributed by atoms with Crippen LogP contribution >= 0.6 is 0 Å². The lowest BCUT2D eigenvalue weighted by atomic mass is 9.78. The molecule has 1 fully saturated rings. The van der Waals surface area contributed by atoms with Gasteiger partial charge in [0.15, 0.2) is 0 Å². The Morgan fingerprint density at radius 3 is 2.55 bits per heavy atom. The molecular weight excluding hydrogens is 414 g/mol. The van der Waals surface area contributed by atoms with Crippen molar-refractivity contribution >= 4 is 44.2 Å². The predicted molar refractivity (Wildman–Crippen MR) is 122 cm³/mol. The average molecular weight is 440 g/mol. The summed E-state index contributed by atoms with van der Waals surface area (Å²) in [4.78, 5) is 9.02. The minimum absolute atomic E-state index is 0.0407. The topological polar surface area (TPSA) is 118 Å². The van der Waals surface area contributed by atoms with Crippen molar-refractivity contribution in [3.05, 3.63) is 36.5 Å². The Balaban J connectivity index is 1.61. The number of hydrogen-bond acceptors (Lipinski definition) is 7. The van der Waals surface area contributed by atoms with Crippen LogP contribution in [0, 0.1) is 0 Å². The highest BCUT2D eigenvalue weighted by molar-refractivity contribution is 7.92. The first-order chi connectivity index (χ1) is 14.8. The fraction of sp³-hybridized carbons (Fsp3) is 0.381. The predicted octanol–water partition coefficient (Wildman–Crippen LogP) is 3.30. The van der Waals surface area contributed by atoms with E-state index in [4.69, 9.17) is 10.8 Å². The van der Waals surface area contributed by atoms with Crippen molar-refractivity contribution in [2.24, 2.45) is 5.10 Å². The summed E-state index contributed by atoms with van der Waals surface area (Å²) in [6.07, 6.45) is 7.09. The maximum Gasteiger partial charge on any atom is 0.264 e. The first-order valence-electron chi connectivity index (χ1n) is 10.4. The third-order valence-corrected chi connectivity index (χ3v) is 7.70. The first-order valence-corrected chi connectivity index (χ1v) is 11.9. The van der Waals surface area contributed by atoms with Gasteiger partial charge in [0.25, 0.3) is 10.0 Å². The summed E-state index contributed by atoms with van der Waals surface area (Å²) in [6.45, 7) is 2.07. The van der Waals surface area contributed by atoms with Crippen LogP contribution in [-0.4, -0.2) is 35.7 Å². The normalized spacial score (nSPS) is 18.1. The molecule has 0 radical (unpaired) electrons. The summed E-state index contributed by atoms with van der Waals surface area (Å²) >= 11 is 0. The summed E-state index contributed by atoms with van der Waals surface area (Å²) in [5, 5.41) is 7.49. The van der Waals surface area contributed by atoms with Crippen LogP contribution in [0.4, 0.5) is 17.5 Å². The number of fused-ring (bicyclic) bond motifs is 4. The second-order valence-corrected chi connectivity index (χ2v) is 9.97. The number of hydrazone groups is 1. The second kappa shape index (κ2) is 6.94. The van der Waals surface area contributed by atoms with Gasteiger partial charge in [-0.25, -0.2) is 18.1 Å². The van der Waals surface area contributed by atoms with E-state index in [1.54, 1.807) is 18.3 Å². The maximum atomic E-state index is 12.8. The molecule has 3 N–H and O–H groups in total. The molecule has 9 nitrogen and oxygen atoms in total. The van der Waals surface area contributed by atoms with Crippen molar-refractivity contribution in [2.45, 2.75) is 49.5 Å². The van der Waals surface area contributed by atoms with Crippen molar-refractivity contribution < 1.29 is 8.42 Å². The minimum Gasteiger partial charge on any atom is -0.399 e. The maximum absolute atomic E-state index is 12.8. The van der Waals surface area contributed by atoms with Crippen LogP contribution in [0.2, 0.25) is 0 Å². The number of anilines is 3. The molecule has 1 aliphatic carbocycles. The van der Waals surface area contributed by atoms with Crippen LogP contribution in [0.25, 0.3) is 11.0 Å². The Hall–Kier alpha value is -3.14. The van der Waals surface area contributed by atoms with Gasteiger partial charge in [0, 0.05) is 24.3 Å². The second-order valence-electron chi connectivity index (χ2n) is 8.29. The third-order valence-electron chi connectivity index (χ3n) is 6.35. The fourth-order valence-corrected chi connectivity index (χ4v) is 5.71. The van der Waals surface area contributed by atoms with E-state index in [0.29, 0.717) is 11.3 Å². The zero-order valence-electron chi connectivity index (χ0n) is 17.5. The van der Waals surface area contributed by atoms with E-state index in [9.17, 15) is 8.42 Å². The van der Waals surface area contributed by atoms with Crippen LogP contribution in [0.5, 0.6) is 0 Å². The Kier molecular flexibility index (Phi) is 4.44. The smallest absolute Gasteiger partial charge is 0.264 e. The quantitative estimate of drug-likeness (QED) is 0.605. The molecule has 3 heterocycles. The zero-order valence-corrected chi connectivity index (χ0v) is 18.4. The highest BCUT2D eigenvalue weighted by Gasteiger charge is 2.43. The van der Waals surface area contributed by atoms with Crippen LogP contribution in [0.1, 0.15) is 39.0 Å². The van der Waals surface area contributed by atoms with E-state index < -0.39 is 10.0 Å². The molecule has 162 valence electrons. The van der Waals surface area contributed by atoms with Crippen LogP contribution in [-0.2, 0) is 15.6 Å². The van der Waals surface area contributed by atoms with Gasteiger partial charge in [-0.1, -0.05) is 19.3 Å². The average Bonchev–Trinajstić information content (AvgIpc) is 3.13. The summed E-state index contributed by atoms with van der Waals surface area (Å²) in [6, 6.07) is 8.03. The molecule has 0 unspecified atom stereocenters. The Morgan fingerprint density at radius 1 is 1.13 bits per heavy atom. The summed E-state index contributed by atoms with van der Waals surface area (Å²) < 4.78 is 30.4. The highest BCUT2D eigenvalue weighted by atomic mass is 32.2. The number of nitrogens with two attached hydrogens (primary N) is 1. The highest BCUT2D eigenvalue weighted by Crippen LogP contribution is 2.44. The number of benzene rings is 1. The number of nitrogens with zero attached hydrogens (tertiary/aromatic N) is 5. The summed E-state index contributed by atoms with van der Waals surface area (Å²) in [7, 11) is -1.91. The van der Waals surface area contributed by atoms with Gasteiger partial charge in [0.05, 0.1) is 16.1 Å². The molecule has 1 aliphatic heterocycles. The largest absolute Gasteiger partial charge is 0.399 e. The van der Waals surface area contributed by atoms with Gasteiger partial charge in [-0.2, -0.15) is 10.1 Å². The number of aromatic nitrogens is 3. The van der Waals surface area contributed by atoms with E-state index in [0.717, 1.165) is 42.6 Å². The zero-order chi connectivity index (χ0) is 21.8. The SMILES string of the molecule is CC1=NN(C)c2cc3cnc(NS(=O)(=O)c4ccc(N)cc4)nc3n2C12CCCCC2. The van der Waals surface area contributed by atoms with Crippen molar-refractivity contribution in [2.75, 3.05) is 22.5 Å². The molecule has 2 aliphatic rings. The van der Waals surface area contributed by atoms with E-state index in [2.05, 4.69) is 26.2 Å². The molecule has 10 heteroatoms. The molecule has 0 bridgehead atoms. The van der Waals surface area contributed by atoms with Crippen LogP contribution in [0.3, 0.4) is 0 Å². The van der Waals surface area contributed by atoms with E-state index in [1.807, 2.05) is 18.1 Å². The van der Waals surface area contributed by atoms with Gasteiger partial charge in [-0.15, -0.1) is 0 Å². The molecule has 1 spiro atoms. The lowest BCUT2D eigenvalue weighted by Gasteiger charge is -2.44. The van der Waals surface area contributed by atoms with Crippen LogP contribution < -0.4 is 15.5 Å². The number of sulfonamides is 1. The molecule has 1 saturated carbocycles. The van der Waals surface area contributed by atoms with Gasteiger partial charge in [-0.3, -0.25) is 9.58 Å². The number of rotatable bonds is 3. The molecule has 0 saturated heterocycles. The van der Waals surface area contributed by atoms with Gasteiger partial charge < -0.3 is 5.73 Å². The Bertz CT molecular complexity index is 1290. The van der Waals surface area contributed by atoms with Crippen molar-refractivity contribution in [3.8, 4) is 0 Å². The van der Waals surface area contributed by atoms with Crippen LogP contribution in [0.15, 0.2) is 46.5 Å². The van der Waals surface area contributed by atoms with Gasteiger partial charge >= 0.3 is 0 Å².